The Morgan fingerprint density at radius 3 is 1.00 bits per heavy atom. The molecule has 2 N–H and O–H groups in total. The van der Waals surface area contributed by atoms with Crippen LogP contribution >= 0.6 is 0 Å². The SMILES string of the molecule is OCC(CO)(Cc1c2ccccc2cc2ccccc12)Cc1c2ccccc2cc2ccccc12. The highest BCUT2D eigenvalue weighted by atomic mass is 16.3. The van der Waals surface area contributed by atoms with Gasteiger partial charge in [0.2, 0.25) is 0 Å². The van der Waals surface area contributed by atoms with E-state index < -0.39 is 5.41 Å². The van der Waals surface area contributed by atoms with E-state index in [-0.39, 0.29) is 13.2 Å². The van der Waals surface area contributed by atoms with Gasteiger partial charge in [-0.15, -0.1) is 0 Å². The lowest BCUT2D eigenvalue weighted by Crippen LogP contribution is -2.35. The molecule has 0 aromatic heterocycles. The average Bonchev–Trinajstić information content (AvgIpc) is 2.92. The molecule has 0 heterocycles. The van der Waals surface area contributed by atoms with Crippen molar-refractivity contribution in [2.75, 3.05) is 13.2 Å². The van der Waals surface area contributed by atoms with Gasteiger partial charge in [-0.25, -0.2) is 0 Å². The molecule has 6 rings (SSSR count). The molecule has 0 saturated heterocycles. The topological polar surface area (TPSA) is 40.5 Å². The summed E-state index contributed by atoms with van der Waals surface area (Å²) in [5.41, 5.74) is 1.66. The maximum Gasteiger partial charge on any atom is 0.0515 e. The maximum absolute atomic E-state index is 10.8. The van der Waals surface area contributed by atoms with Gasteiger partial charge in [-0.2, -0.15) is 0 Å². The van der Waals surface area contributed by atoms with E-state index in [1.54, 1.807) is 0 Å². The smallest absolute Gasteiger partial charge is 0.0515 e. The van der Waals surface area contributed by atoms with Crippen LogP contribution in [0, 0.1) is 5.41 Å². The van der Waals surface area contributed by atoms with E-state index in [4.69, 9.17) is 0 Å². The third-order valence-electron chi connectivity index (χ3n) is 7.54. The quantitative estimate of drug-likeness (QED) is 0.264. The standard InChI is InChI=1S/C33H28O2/c34-21-33(22-35,19-31-27-13-5-1-9-23(27)17-24-10-2-6-14-28(24)31)20-32-29-15-7-3-11-25(29)18-26-12-4-8-16-30(26)32/h1-18,34-35H,19-22H2. The van der Waals surface area contributed by atoms with Crippen LogP contribution in [0.5, 0.6) is 0 Å². The molecule has 2 nitrogen and oxygen atoms in total. The third-order valence-corrected chi connectivity index (χ3v) is 7.54. The van der Waals surface area contributed by atoms with E-state index in [0.29, 0.717) is 12.8 Å². The van der Waals surface area contributed by atoms with Crippen LogP contribution in [0.25, 0.3) is 43.1 Å². The van der Waals surface area contributed by atoms with Crippen molar-refractivity contribution in [3.63, 3.8) is 0 Å². The number of aliphatic hydroxyl groups excluding tert-OH is 2. The Bertz CT molecular complexity index is 1450. The monoisotopic (exact) mass is 456 g/mol. The normalized spacial score (nSPS) is 12.2. The summed E-state index contributed by atoms with van der Waals surface area (Å²) < 4.78 is 0. The van der Waals surface area contributed by atoms with Gasteiger partial charge >= 0.3 is 0 Å². The molecule has 0 atom stereocenters. The molecule has 0 radical (unpaired) electrons. The highest BCUT2D eigenvalue weighted by Crippen LogP contribution is 2.38. The van der Waals surface area contributed by atoms with E-state index >= 15 is 0 Å². The number of aliphatic hydroxyl groups is 2. The number of benzene rings is 6. The van der Waals surface area contributed by atoms with Crippen LogP contribution in [-0.4, -0.2) is 23.4 Å². The summed E-state index contributed by atoms with van der Waals surface area (Å²) in [4.78, 5) is 0. The first kappa shape index (κ1) is 21.8. The second-order valence-electron chi connectivity index (χ2n) is 9.76. The Morgan fingerprint density at radius 1 is 0.429 bits per heavy atom. The highest BCUT2D eigenvalue weighted by molar-refractivity contribution is 6.03. The minimum atomic E-state index is -0.709. The zero-order chi connectivity index (χ0) is 23.8. The lowest BCUT2D eigenvalue weighted by Gasteiger charge is -2.32. The fourth-order valence-corrected chi connectivity index (χ4v) is 5.68. The summed E-state index contributed by atoms with van der Waals surface area (Å²) in [6.07, 6.45) is 1.17. The van der Waals surface area contributed by atoms with Crippen LogP contribution < -0.4 is 0 Å². The van der Waals surface area contributed by atoms with Crippen LogP contribution in [0.15, 0.2) is 109 Å². The Kier molecular flexibility index (Phi) is 5.49. The molecule has 0 bridgehead atoms. The Hall–Kier alpha value is -3.72. The van der Waals surface area contributed by atoms with Crippen molar-refractivity contribution in [3.8, 4) is 0 Å². The first-order valence-electron chi connectivity index (χ1n) is 12.2. The molecule has 0 aliphatic rings. The van der Waals surface area contributed by atoms with Crippen LogP contribution in [0.1, 0.15) is 11.1 Å². The van der Waals surface area contributed by atoms with E-state index in [9.17, 15) is 10.2 Å². The molecular formula is C33H28O2. The van der Waals surface area contributed by atoms with Crippen molar-refractivity contribution >= 4 is 43.1 Å². The van der Waals surface area contributed by atoms with Gasteiger partial charge in [0.1, 0.15) is 0 Å². The second kappa shape index (κ2) is 8.81. The highest BCUT2D eigenvalue weighted by Gasteiger charge is 2.32. The molecule has 0 unspecified atom stereocenters. The molecule has 0 saturated carbocycles. The van der Waals surface area contributed by atoms with Crippen molar-refractivity contribution in [2.24, 2.45) is 5.41 Å². The van der Waals surface area contributed by atoms with E-state index in [2.05, 4.69) is 109 Å². The van der Waals surface area contributed by atoms with Crippen LogP contribution in [-0.2, 0) is 12.8 Å². The minimum Gasteiger partial charge on any atom is -0.396 e. The number of fused-ring (bicyclic) bond motifs is 4. The summed E-state index contributed by atoms with van der Waals surface area (Å²) in [6.45, 7) is -0.197. The fraction of sp³-hybridized carbons (Fsp3) is 0.152. The molecule has 35 heavy (non-hydrogen) atoms. The van der Waals surface area contributed by atoms with Crippen LogP contribution in [0.4, 0.5) is 0 Å². The molecule has 0 aliphatic carbocycles. The molecule has 6 aromatic rings. The summed E-state index contributed by atoms with van der Waals surface area (Å²) in [7, 11) is 0. The molecule has 0 fully saturated rings. The molecule has 172 valence electrons. The van der Waals surface area contributed by atoms with Crippen molar-refractivity contribution < 1.29 is 10.2 Å². The van der Waals surface area contributed by atoms with Crippen molar-refractivity contribution in [1.29, 1.82) is 0 Å². The van der Waals surface area contributed by atoms with Crippen LogP contribution in [0.3, 0.4) is 0 Å². The van der Waals surface area contributed by atoms with Crippen molar-refractivity contribution in [1.82, 2.24) is 0 Å². The molecule has 0 amide bonds. The number of hydrogen-bond donors (Lipinski definition) is 2. The molecule has 2 heteroatoms. The number of rotatable bonds is 6. The van der Waals surface area contributed by atoms with Gasteiger partial charge in [-0.05, 0) is 79.2 Å². The zero-order valence-electron chi connectivity index (χ0n) is 19.6. The molecular weight excluding hydrogens is 428 g/mol. The van der Waals surface area contributed by atoms with E-state index in [1.165, 1.54) is 54.2 Å². The first-order chi connectivity index (χ1) is 17.2. The molecule has 0 spiro atoms. The third kappa shape index (κ3) is 3.76. The maximum atomic E-state index is 10.8. The predicted octanol–water partition coefficient (Wildman–Crippen LogP) is 7.06. The Morgan fingerprint density at radius 2 is 0.714 bits per heavy atom. The van der Waals surface area contributed by atoms with E-state index in [1.807, 2.05) is 0 Å². The number of hydrogen-bond acceptors (Lipinski definition) is 2. The lowest BCUT2D eigenvalue weighted by atomic mass is 9.74. The van der Waals surface area contributed by atoms with Gasteiger partial charge in [-0.1, -0.05) is 97.1 Å². The molecule has 6 aromatic carbocycles. The fourth-order valence-electron chi connectivity index (χ4n) is 5.68. The second-order valence-corrected chi connectivity index (χ2v) is 9.76. The van der Waals surface area contributed by atoms with Gasteiger partial charge in [0.25, 0.3) is 0 Å². The summed E-state index contributed by atoms with van der Waals surface area (Å²) >= 11 is 0. The van der Waals surface area contributed by atoms with Gasteiger partial charge in [0.15, 0.2) is 0 Å². The summed E-state index contributed by atoms with van der Waals surface area (Å²) in [6, 6.07) is 38.2. The van der Waals surface area contributed by atoms with Gasteiger partial charge in [0, 0.05) is 5.41 Å². The van der Waals surface area contributed by atoms with Gasteiger partial charge < -0.3 is 10.2 Å². The largest absolute Gasteiger partial charge is 0.396 e. The van der Waals surface area contributed by atoms with Gasteiger partial charge in [0.05, 0.1) is 13.2 Å². The zero-order valence-corrected chi connectivity index (χ0v) is 19.6. The average molecular weight is 457 g/mol. The summed E-state index contributed by atoms with van der Waals surface area (Å²) in [5.74, 6) is 0. The van der Waals surface area contributed by atoms with E-state index in [0.717, 1.165) is 0 Å². The summed E-state index contributed by atoms with van der Waals surface area (Å²) in [5, 5.41) is 31.1. The predicted molar refractivity (Wildman–Crippen MR) is 147 cm³/mol. The lowest BCUT2D eigenvalue weighted by molar-refractivity contribution is 0.0558. The molecule has 0 aliphatic heterocycles. The minimum absolute atomic E-state index is 0.0986. The van der Waals surface area contributed by atoms with Crippen molar-refractivity contribution in [2.45, 2.75) is 12.8 Å². The van der Waals surface area contributed by atoms with Crippen LogP contribution in [0.2, 0.25) is 0 Å². The van der Waals surface area contributed by atoms with Gasteiger partial charge in [-0.3, -0.25) is 0 Å². The van der Waals surface area contributed by atoms with Crippen molar-refractivity contribution in [3.05, 3.63) is 120 Å². The Balaban J connectivity index is 1.56. The Labute approximate surface area is 205 Å². The first-order valence-corrected chi connectivity index (χ1v) is 12.2.